The van der Waals surface area contributed by atoms with Gasteiger partial charge >= 0.3 is 0 Å². The molecule has 146 valence electrons. The molecule has 1 aliphatic carbocycles. The molecule has 0 aromatic carbocycles. The Bertz CT molecular complexity index is 1000. The predicted molar refractivity (Wildman–Crippen MR) is 100.0 cm³/mol. The van der Waals surface area contributed by atoms with Crippen LogP contribution in [0.15, 0.2) is 22.1 Å². The highest BCUT2D eigenvalue weighted by Crippen LogP contribution is 2.26. The lowest BCUT2D eigenvalue weighted by Crippen LogP contribution is -2.41. The molecular formula is C18H25N5O3S. The number of imidazole rings is 1. The molecule has 8 nitrogen and oxygen atoms in total. The number of rotatable bonds is 4. The third-order valence-electron chi connectivity index (χ3n) is 5.64. The first kappa shape index (κ1) is 18.4. The summed E-state index contributed by atoms with van der Waals surface area (Å²) < 4.78 is 30.8. The van der Waals surface area contributed by atoms with E-state index < -0.39 is 10.0 Å². The Morgan fingerprint density at radius 3 is 2.74 bits per heavy atom. The number of aryl methyl sites for hydroxylation is 4. The average Bonchev–Trinajstić information content (AvgIpc) is 3.23. The largest absolute Gasteiger partial charge is 0.337 e. The molecule has 3 heterocycles. The quantitative estimate of drug-likeness (QED) is 0.776. The average molecular weight is 391 g/mol. The molecule has 0 bridgehead atoms. The van der Waals surface area contributed by atoms with Crippen LogP contribution in [0.5, 0.6) is 0 Å². The van der Waals surface area contributed by atoms with Gasteiger partial charge in [-0.3, -0.25) is 4.79 Å². The number of fused-ring (bicyclic) bond motifs is 1. The van der Waals surface area contributed by atoms with Crippen LogP contribution in [-0.2, 0) is 36.5 Å². The Morgan fingerprint density at radius 2 is 2.00 bits per heavy atom. The molecule has 2 aromatic heterocycles. The third kappa shape index (κ3) is 3.34. The molecule has 4 rings (SSSR count). The van der Waals surface area contributed by atoms with Crippen LogP contribution < -0.4 is 5.56 Å². The van der Waals surface area contributed by atoms with Crippen LogP contribution in [-0.4, -0.2) is 44.6 Å². The molecule has 0 radical (unpaired) electrons. The second-order valence-electron chi connectivity index (χ2n) is 7.49. The fraction of sp³-hybridized carbons (Fsp3) is 0.611. The maximum Gasteiger partial charge on any atom is 0.267 e. The topological polar surface area (TPSA) is 90.1 Å². The fourth-order valence-electron chi connectivity index (χ4n) is 4.01. The minimum absolute atomic E-state index is 0.0696. The van der Waals surface area contributed by atoms with Crippen molar-refractivity contribution in [3.8, 4) is 0 Å². The van der Waals surface area contributed by atoms with Crippen LogP contribution in [0.4, 0.5) is 0 Å². The van der Waals surface area contributed by atoms with E-state index in [0.717, 1.165) is 49.8 Å². The van der Waals surface area contributed by atoms with Crippen molar-refractivity contribution in [3.63, 3.8) is 0 Å². The zero-order valence-corrected chi connectivity index (χ0v) is 16.6. The van der Waals surface area contributed by atoms with E-state index in [1.165, 1.54) is 8.99 Å². The van der Waals surface area contributed by atoms with Crippen molar-refractivity contribution in [2.45, 2.75) is 63.1 Å². The molecule has 0 amide bonds. The molecule has 0 saturated carbocycles. The van der Waals surface area contributed by atoms with Crippen molar-refractivity contribution in [1.82, 2.24) is 23.6 Å². The second-order valence-corrected chi connectivity index (χ2v) is 9.33. The molecule has 0 N–H and O–H groups in total. The van der Waals surface area contributed by atoms with Crippen LogP contribution in [0.3, 0.4) is 0 Å². The van der Waals surface area contributed by atoms with Gasteiger partial charge in [0.1, 0.15) is 5.82 Å². The van der Waals surface area contributed by atoms with Crippen LogP contribution in [0.2, 0.25) is 0 Å². The summed E-state index contributed by atoms with van der Waals surface area (Å²) in [5.41, 5.74) is 1.88. The highest BCUT2D eigenvalue weighted by Gasteiger charge is 2.37. The Hall–Kier alpha value is -2.00. The van der Waals surface area contributed by atoms with Crippen molar-refractivity contribution in [1.29, 1.82) is 0 Å². The van der Waals surface area contributed by atoms with Gasteiger partial charge in [0.15, 0.2) is 5.03 Å². The van der Waals surface area contributed by atoms with Gasteiger partial charge in [-0.25, -0.2) is 18.1 Å². The number of hydrogen-bond donors (Lipinski definition) is 0. The first-order valence-electron chi connectivity index (χ1n) is 9.48. The van der Waals surface area contributed by atoms with Crippen molar-refractivity contribution < 1.29 is 8.42 Å². The van der Waals surface area contributed by atoms with Crippen LogP contribution in [0.1, 0.15) is 42.8 Å². The SMILES string of the molecule is Cc1nc(S(=O)(=O)N2CCCC2Cn2nc3c(cc2=O)CCCC3)cn1C. The molecule has 1 saturated heterocycles. The standard InChI is InChI=1S/C18H25N5O3S/c1-13-19-17(12-21(13)2)27(25,26)23-9-5-7-15(23)11-22-18(24)10-14-6-3-4-8-16(14)20-22/h10,12,15H,3-9,11H2,1-2H3. The van der Waals surface area contributed by atoms with E-state index in [2.05, 4.69) is 10.1 Å². The van der Waals surface area contributed by atoms with Gasteiger partial charge in [-0.1, -0.05) is 0 Å². The minimum atomic E-state index is -3.68. The van der Waals surface area contributed by atoms with Crippen LogP contribution in [0.25, 0.3) is 0 Å². The maximum absolute atomic E-state index is 13.1. The Morgan fingerprint density at radius 1 is 1.22 bits per heavy atom. The molecule has 2 aliphatic rings. The van der Waals surface area contributed by atoms with E-state index in [9.17, 15) is 13.2 Å². The highest BCUT2D eigenvalue weighted by atomic mass is 32.2. The summed E-state index contributed by atoms with van der Waals surface area (Å²) in [6.45, 7) is 2.51. The lowest BCUT2D eigenvalue weighted by Gasteiger charge is -2.24. The normalized spacial score (nSPS) is 20.7. The molecule has 1 atom stereocenters. The number of sulfonamides is 1. The van der Waals surface area contributed by atoms with E-state index in [1.54, 1.807) is 30.8 Å². The minimum Gasteiger partial charge on any atom is -0.337 e. The summed E-state index contributed by atoms with van der Waals surface area (Å²) in [6.07, 6.45) is 7.00. The molecule has 0 spiro atoms. The molecule has 1 unspecified atom stereocenters. The van der Waals surface area contributed by atoms with E-state index in [4.69, 9.17) is 0 Å². The summed E-state index contributed by atoms with van der Waals surface area (Å²) in [5.74, 6) is 0.650. The molecule has 27 heavy (non-hydrogen) atoms. The second kappa shape index (κ2) is 6.87. The fourth-order valence-corrected chi connectivity index (χ4v) is 5.72. The number of nitrogens with zero attached hydrogens (tertiary/aromatic N) is 5. The highest BCUT2D eigenvalue weighted by molar-refractivity contribution is 7.89. The smallest absolute Gasteiger partial charge is 0.267 e. The van der Waals surface area contributed by atoms with Gasteiger partial charge in [0.25, 0.3) is 15.6 Å². The van der Waals surface area contributed by atoms with E-state index in [0.29, 0.717) is 12.4 Å². The van der Waals surface area contributed by atoms with Crippen LogP contribution in [0, 0.1) is 6.92 Å². The van der Waals surface area contributed by atoms with Gasteiger partial charge in [0, 0.05) is 31.9 Å². The number of hydrogen-bond acceptors (Lipinski definition) is 5. The van der Waals surface area contributed by atoms with Gasteiger partial charge in [0.05, 0.1) is 12.2 Å². The van der Waals surface area contributed by atoms with Gasteiger partial charge in [-0.2, -0.15) is 9.40 Å². The molecule has 1 aliphatic heterocycles. The summed E-state index contributed by atoms with van der Waals surface area (Å²) in [7, 11) is -1.90. The van der Waals surface area contributed by atoms with Gasteiger partial charge in [0.2, 0.25) is 0 Å². The van der Waals surface area contributed by atoms with Crippen molar-refractivity contribution in [2.24, 2.45) is 7.05 Å². The van der Waals surface area contributed by atoms with Crippen molar-refractivity contribution in [3.05, 3.63) is 39.7 Å². The summed E-state index contributed by atoms with van der Waals surface area (Å²) in [6, 6.07) is 1.40. The predicted octanol–water partition coefficient (Wildman–Crippen LogP) is 1.02. The molecule has 1 fully saturated rings. The van der Waals surface area contributed by atoms with E-state index in [-0.39, 0.29) is 23.2 Å². The van der Waals surface area contributed by atoms with Gasteiger partial charge in [-0.15, -0.1) is 0 Å². The summed E-state index contributed by atoms with van der Waals surface area (Å²) in [4.78, 5) is 16.7. The Labute approximate surface area is 158 Å². The zero-order valence-electron chi connectivity index (χ0n) is 15.8. The van der Waals surface area contributed by atoms with Crippen LogP contribution >= 0.6 is 0 Å². The van der Waals surface area contributed by atoms with Gasteiger partial charge < -0.3 is 4.57 Å². The Kier molecular flexibility index (Phi) is 4.67. The Balaban J connectivity index is 1.62. The maximum atomic E-state index is 13.1. The van der Waals surface area contributed by atoms with Crippen molar-refractivity contribution in [2.75, 3.05) is 6.54 Å². The first-order valence-corrected chi connectivity index (χ1v) is 10.9. The van der Waals surface area contributed by atoms with Gasteiger partial charge in [-0.05, 0) is 51.0 Å². The molecule has 9 heteroatoms. The van der Waals surface area contributed by atoms with Crippen molar-refractivity contribution >= 4 is 10.0 Å². The number of aromatic nitrogens is 4. The third-order valence-corrected chi connectivity index (χ3v) is 7.46. The monoisotopic (exact) mass is 391 g/mol. The lowest BCUT2D eigenvalue weighted by atomic mass is 9.97. The molecule has 2 aromatic rings. The van der Waals surface area contributed by atoms with E-state index >= 15 is 0 Å². The molecular weight excluding hydrogens is 366 g/mol. The van der Waals surface area contributed by atoms with E-state index in [1.807, 2.05) is 0 Å². The summed E-state index contributed by atoms with van der Waals surface area (Å²) in [5, 5.41) is 4.62. The lowest BCUT2D eigenvalue weighted by molar-refractivity contribution is 0.332. The zero-order chi connectivity index (χ0) is 19.2. The first-order chi connectivity index (χ1) is 12.9. The summed E-state index contributed by atoms with van der Waals surface area (Å²) >= 11 is 0.